The van der Waals surface area contributed by atoms with E-state index in [-0.39, 0.29) is 11.8 Å². The molecule has 3 heteroatoms. The SMILES string of the molecule is N#Cc1cccc([C@@H]2CCN2)c1O. The number of phenols is 1. The van der Waals surface area contributed by atoms with E-state index in [1.807, 2.05) is 12.1 Å². The molecule has 1 aliphatic rings. The summed E-state index contributed by atoms with van der Waals surface area (Å²) in [4.78, 5) is 0. The first kappa shape index (κ1) is 8.09. The Bertz CT molecular complexity index is 364. The second-order valence-corrected chi connectivity index (χ2v) is 3.15. The highest BCUT2D eigenvalue weighted by atomic mass is 16.3. The van der Waals surface area contributed by atoms with Gasteiger partial charge in [-0.15, -0.1) is 0 Å². The van der Waals surface area contributed by atoms with Crippen LogP contribution in [0.4, 0.5) is 0 Å². The van der Waals surface area contributed by atoms with Crippen LogP contribution in [0.1, 0.15) is 23.6 Å². The molecule has 0 saturated carbocycles. The van der Waals surface area contributed by atoms with Gasteiger partial charge in [0.25, 0.3) is 0 Å². The molecule has 0 radical (unpaired) electrons. The second kappa shape index (κ2) is 3.08. The zero-order chi connectivity index (χ0) is 9.26. The van der Waals surface area contributed by atoms with Gasteiger partial charge >= 0.3 is 0 Å². The molecule has 13 heavy (non-hydrogen) atoms. The predicted octanol–water partition coefficient (Wildman–Crippen LogP) is 1.30. The summed E-state index contributed by atoms with van der Waals surface area (Å²) in [6, 6.07) is 7.47. The van der Waals surface area contributed by atoms with Gasteiger partial charge in [-0.3, -0.25) is 0 Å². The Kier molecular flexibility index (Phi) is 1.91. The molecule has 66 valence electrons. The number of hydrogen-bond donors (Lipinski definition) is 2. The maximum Gasteiger partial charge on any atom is 0.138 e. The van der Waals surface area contributed by atoms with E-state index in [0.29, 0.717) is 5.56 Å². The predicted molar refractivity (Wildman–Crippen MR) is 48.2 cm³/mol. The first-order valence-corrected chi connectivity index (χ1v) is 4.28. The molecule has 0 amide bonds. The highest BCUT2D eigenvalue weighted by Crippen LogP contribution is 2.32. The zero-order valence-corrected chi connectivity index (χ0v) is 7.12. The lowest BCUT2D eigenvalue weighted by Gasteiger charge is -2.28. The van der Waals surface area contributed by atoms with Gasteiger partial charge in [0, 0.05) is 11.6 Å². The molecule has 1 aliphatic heterocycles. The first-order valence-electron chi connectivity index (χ1n) is 4.28. The molecule has 0 aromatic heterocycles. The molecular weight excluding hydrogens is 164 g/mol. The van der Waals surface area contributed by atoms with Crippen molar-refractivity contribution in [3.63, 3.8) is 0 Å². The molecule has 1 fully saturated rings. The summed E-state index contributed by atoms with van der Waals surface area (Å²) in [5.41, 5.74) is 1.19. The number of para-hydroxylation sites is 1. The third-order valence-electron chi connectivity index (χ3n) is 2.39. The lowest BCUT2D eigenvalue weighted by Crippen LogP contribution is -2.34. The zero-order valence-electron chi connectivity index (χ0n) is 7.12. The van der Waals surface area contributed by atoms with Crippen LogP contribution >= 0.6 is 0 Å². The van der Waals surface area contributed by atoms with Crippen molar-refractivity contribution >= 4 is 0 Å². The highest BCUT2D eigenvalue weighted by molar-refractivity contribution is 5.49. The summed E-state index contributed by atoms with van der Waals surface area (Å²) >= 11 is 0. The van der Waals surface area contributed by atoms with Crippen LogP contribution in [0.15, 0.2) is 18.2 Å². The summed E-state index contributed by atoms with van der Waals surface area (Å²) in [5.74, 6) is 0.127. The normalized spacial score (nSPS) is 20.4. The molecular formula is C10H10N2O. The average Bonchev–Trinajstić information content (AvgIpc) is 2.05. The monoisotopic (exact) mass is 174 g/mol. The largest absolute Gasteiger partial charge is 0.506 e. The molecule has 3 nitrogen and oxygen atoms in total. The second-order valence-electron chi connectivity index (χ2n) is 3.15. The molecule has 0 spiro atoms. The van der Waals surface area contributed by atoms with Crippen LogP contribution in [0.5, 0.6) is 5.75 Å². The summed E-state index contributed by atoms with van der Waals surface area (Å²) in [6.45, 7) is 0.987. The van der Waals surface area contributed by atoms with E-state index in [0.717, 1.165) is 18.5 Å². The number of nitrogens with zero attached hydrogens (tertiary/aromatic N) is 1. The summed E-state index contributed by atoms with van der Waals surface area (Å²) in [6.07, 6.45) is 1.03. The maximum atomic E-state index is 9.66. The summed E-state index contributed by atoms with van der Waals surface area (Å²) in [7, 11) is 0. The van der Waals surface area contributed by atoms with Crippen LogP contribution in [0.3, 0.4) is 0 Å². The fourth-order valence-corrected chi connectivity index (χ4v) is 1.49. The Morgan fingerprint density at radius 1 is 1.54 bits per heavy atom. The minimum atomic E-state index is 0.127. The van der Waals surface area contributed by atoms with Crippen LogP contribution in [-0.4, -0.2) is 11.7 Å². The third-order valence-corrected chi connectivity index (χ3v) is 2.39. The van der Waals surface area contributed by atoms with Gasteiger partial charge in [-0.2, -0.15) is 5.26 Å². The highest BCUT2D eigenvalue weighted by Gasteiger charge is 2.22. The molecule has 1 aromatic carbocycles. The summed E-state index contributed by atoms with van der Waals surface area (Å²) in [5, 5.41) is 21.5. The van der Waals surface area contributed by atoms with Crippen molar-refractivity contribution in [3.8, 4) is 11.8 Å². The van der Waals surface area contributed by atoms with Crippen LogP contribution in [-0.2, 0) is 0 Å². The lowest BCUT2D eigenvalue weighted by molar-refractivity contribution is 0.364. The van der Waals surface area contributed by atoms with Crippen molar-refractivity contribution in [3.05, 3.63) is 29.3 Å². The minimum Gasteiger partial charge on any atom is -0.506 e. The van der Waals surface area contributed by atoms with Gasteiger partial charge in [0.15, 0.2) is 0 Å². The average molecular weight is 174 g/mol. The molecule has 1 atom stereocenters. The first-order chi connectivity index (χ1) is 6.33. The Hall–Kier alpha value is -1.53. The van der Waals surface area contributed by atoms with Crippen LogP contribution in [0, 0.1) is 11.3 Å². The molecule has 1 heterocycles. The Labute approximate surface area is 76.6 Å². The van der Waals surface area contributed by atoms with Crippen LogP contribution in [0.25, 0.3) is 0 Å². The minimum absolute atomic E-state index is 0.127. The fourth-order valence-electron chi connectivity index (χ4n) is 1.49. The fraction of sp³-hybridized carbons (Fsp3) is 0.300. The Balaban J connectivity index is 2.40. The molecule has 0 bridgehead atoms. The maximum absolute atomic E-state index is 9.66. The van der Waals surface area contributed by atoms with Crippen molar-refractivity contribution in [2.45, 2.75) is 12.5 Å². The number of nitrogens with one attached hydrogen (secondary N) is 1. The van der Waals surface area contributed by atoms with Crippen molar-refractivity contribution in [1.82, 2.24) is 5.32 Å². The van der Waals surface area contributed by atoms with Gasteiger partial charge < -0.3 is 10.4 Å². The van der Waals surface area contributed by atoms with E-state index in [2.05, 4.69) is 5.32 Å². The standard InChI is InChI=1S/C10H10N2O/c11-6-7-2-1-3-8(10(7)13)9-4-5-12-9/h1-3,9,12-13H,4-5H2/t9-/m0/s1. The molecule has 1 aromatic rings. The molecule has 0 unspecified atom stereocenters. The number of phenolic OH excluding ortho intramolecular Hbond substituents is 1. The van der Waals surface area contributed by atoms with Crippen molar-refractivity contribution in [2.75, 3.05) is 6.54 Å². The van der Waals surface area contributed by atoms with E-state index >= 15 is 0 Å². The lowest BCUT2D eigenvalue weighted by atomic mass is 9.95. The van der Waals surface area contributed by atoms with Gasteiger partial charge in [-0.25, -0.2) is 0 Å². The van der Waals surface area contributed by atoms with Crippen molar-refractivity contribution in [1.29, 1.82) is 5.26 Å². The van der Waals surface area contributed by atoms with Crippen molar-refractivity contribution < 1.29 is 5.11 Å². The quantitative estimate of drug-likeness (QED) is 0.674. The third kappa shape index (κ3) is 1.25. The number of aromatic hydroxyl groups is 1. The van der Waals surface area contributed by atoms with Gasteiger partial charge in [0.05, 0.1) is 5.56 Å². The Morgan fingerprint density at radius 3 is 2.85 bits per heavy atom. The molecule has 1 saturated heterocycles. The van der Waals surface area contributed by atoms with Gasteiger partial charge in [-0.05, 0) is 19.0 Å². The van der Waals surface area contributed by atoms with E-state index < -0.39 is 0 Å². The van der Waals surface area contributed by atoms with Crippen LogP contribution < -0.4 is 5.32 Å². The Morgan fingerprint density at radius 2 is 2.31 bits per heavy atom. The van der Waals surface area contributed by atoms with E-state index in [1.165, 1.54) is 0 Å². The van der Waals surface area contributed by atoms with Gasteiger partial charge in [0.1, 0.15) is 11.8 Å². The molecule has 2 rings (SSSR count). The smallest absolute Gasteiger partial charge is 0.138 e. The number of rotatable bonds is 1. The van der Waals surface area contributed by atoms with E-state index in [1.54, 1.807) is 12.1 Å². The van der Waals surface area contributed by atoms with Gasteiger partial charge in [-0.1, -0.05) is 12.1 Å². The summed E-state index contributed by atoms with van der Waals surface area (Å²) < 4.78 is 0. The number of hydrogen-bond acceptors (Lipinski definition) is 3. The van der Waals surface area contributed by atoms with E-state index in [4.69, 9.17) is 5.26 Å². The topological polar surface area (TPSA) is 56.0 Å². The number of benzene rings is 1. The molecule has 0 aliphatic carbocycles. The van der Waals surface area contributed by atoms with E-state index in [9.17, 15) is 5.11 Å². The van der Waals surface area contributed by atoms with Crippen molar-refractivity contribution in [2.24, 2.45) is 0 Å². The number of nitriles is 1. The van der Waals surface area contributed by atoms with Crippen LogP contribution in [0.2, 0.25) is 0 Å². The molecule has 2 N–H and O–H groups in total. The van der Waals surface area contributed by atoms with Gasteiger partial charge in [0.2, 0.25) is 0 Å².